The lowest BCUT2D eigenvalue weighted by Crippen LogP contribution is -1.66. The number of hydrogen-bond acceptors (Lipinski definition) is 1. The molecule has 1 aromatic heterocycles. The van der Waals surface area contributed by atoms with Gasteiger partial charge in [-0.05, 0) is 18.2 Å². The molecule has 11 heavy (non-hydrogen) atoms. The first-order valence-electron chi connectivity index (χ1n) is 3.06. The summed E-state index contributed by atoms with van der Waals surface area (Å²) in [6.45, 7) is 0. The molecule has 1 aromatic carbocycles. The van der Waals surface area contributed by atoms with Gasteiger partial charge in [0.25, 0.3) is 0 Å². The second-order valence-electron chi connectivity index (χ2n) is 2.20. The molecule has 0 aliphatic rings. The van der Waals surface area contributed by atoms with Crippen molar-refractivity contribution in [3.63, 3.8) is 0 Å². The topological polar surface area (TPSA) is 28.7 Å². The van der Waals surface area contributed by atoms with Gasteiger partial charge in [0.2, 0.25) is 0 Å². The fourth-order valence-electron chi connectivity index (χ4n) is 0.951. The lowest BCUT2D eigenvalue weighted by Gasteiger charge is -1.88. The maximum Gasteiger partial charge on any atom is 0.132 e. The number of aromatic amines is 1. The molecule has 1 heterocycles. The van der Waals surface area contributed by atoms with Gasteiger partial charge in [-0.15, -0.1) is 0 Å². The number of benzene rings is 1. The van der Waals surface area contributed by atoms with Gasteiger partial charge in [-0.2, -0.15) is 5.10 Å². The second-order valence-corrected chi connectivity index (χ2v) is 3.01. The smallest absolute Gasteiger partial charge is 0.132 e. The molecule has 0 radical (unpaired) electrons. The highest BCUT2D eigenvalue weighted by Gasteiger charge is 2.01. The van der Waals surface area contributed by atoms with Crippen LogP contribution >= 0.6 is 23.2 Å². The fourth-order valence-corrected chi connectivity index (χ4v) is 1.32. The molecule has 56 valence electrons. The molecule has 0 unspecified atom stereocenters. The summed E-state index contributed by atoms with van der Waals surface area (Å²) in [5, 5.41) is 8.66. The summed E-state index contributed by atoms with van der Waals surface area (Å²) >= 11 is 11.5. The standard InChI is InChI=1S/C7H4Cl2N2/c8-4-1-2-6-5(3-4)7(9)11-10-6/h1-3H,(H,10,11). The highest BCUT2D eigenvalue weighted by Crippen LogP contribution is 2.23. The van der Waals surface area contributed by atoms with E-state index >= 15 is 0 Å². The monoisotopic (exact) mass is 186 g/mol. The highest BCUT2D eigenvalue weighted by molar-refractivity contribution is 6.35. The van der Waals surface area contributed by atoms with Crippen molar-refractivity contribution in [1.82, 2.24) is 10.2 Å². The van der Waals surface area contributed by atoms with Crippen LogP contribution in [0.5, 0.6) is 0 Å². The average molecular weight is 187 g/mol. The van der Waals surface area contributed by atoms with Gasteiger partial charge in [-0.25, -0.2) is 0 Å². The van der Waals surface area contributed by atoms with Gasteiger partial charge >= 0.3 is 0 Å². The number of aromatic nitrogens is 2. The number of fused-ring (bicyclic) bond motifs is 1. The average Bonchev–Trinajstić information content (AvgIpc) is 2.33. The largest absolute Gasteiger partial charge is 0.266 e. The quantitative estimate of drug-likeness (QED) is 0.674. The molecule has 2 nitrogen and oxygen atoms in total. The van der Waals surface area contributed by atoms with Crippen molar-refractivity contribution in [1.29, 1.82) is 0 Å². The zero-order chi connectivity index (χ0) is 7.84. The third kappa shape index (κ3) is 1.08. The predicted molar refractivity (Wildman–Crippen MR) is 46.1 cm³/mol. The van der Waals surface area contributed by atoms with E-state index in [1.807, 2.05) is 6.07 Å². The SMILES string of the molecule is Clc1ccc2n[nH]c(Cl)c2c1. The maximum absolute atomic E-state index is 5.77. The molecule has 0 aliphatic heterocycles. The Kier molecular flexibility index (Phi) is 1.51. The van der Waals surface area contributed by atoms with Gasteiger partial charge in [0.1, 0.15) is 5.15 Å². The van der Waals surface area contributed by atoms with Crippen LogP contribution in [-0.4, -0.2) is 10.2 Å². The van der Waals surface area contributed by atoms with Crippen LogP contribution in [0.1, 0.15) is 0 Å². The minimum absolute atomic E-state index is 0.530. The molecule has 2 aromatic rings. The van der Waals surface area contributed by atoms with Crippen molar-refractivity contribution >= 4 is 34.1 Å². The Morgan fingerprint density at radius 1 is 1.27 bits per heavy atom. The predicted octanol–water partition coefficient (Wildman–Crippen LogP) is 2.87. The highest BCUT2D eigenvalue weighted by atomic mass is 35.5. The normalized spacial score (nSPS) is 10.7. The first-order valence-corrected chi connectivity index (χ1v) is 3.82. The number of hydrogen-bond donors (Lipinski definition) is 1. The van der Waals surface area contributed by atoms with Gasteiger partial charge in [-0.1, -0.05) is 23.2 Å². The van der Waals surface area contributed by atoms with Crippen molar-refractivity contribution < 1.29 is 0 Å². The Bertz CT molecular complexity index is 394. The van der Waals surface area contributed by atoms with E-state index in [0.29, 0.717) is 10.2 Å². The molecule has 0 bridgehead atoms. The Morgan fingerprint density at radius 3 is 2.91 bits per heavy atom. The number of halogens is 2. The van der Waals surface area contributed by atoms with Crippen molar-refractivity contribution in [3.8, 4) is 0 Å². The first-order chi connectivity index (χ1) is 5.27. The summed E-state index contributed by atoms with van der Waals surface area (Å²) in [6, 6.07) is 5.38. The van der Waals surface area contributed by atoms with E-state index in [1.165, 1.54) is 0 Å². The number of H-pyrrole nitrogens is 1. The molecule has 0 aliphatic carbocycles. The van der Waals surface area contributed by atoms with Crippen LogP contribution in [0.2, 0.25) is 10.2 Å². The summed E-state index contributed by atoms with van der Waals surface area (Å²) in [4.78, 5) is 0. The van der Waals surface area contributed by atoms with Crippen LogP contribution in [0.4, 0.5) is 0 Å². The molecule has 0 saturated heterocycles. The van der Waals surface area contributed by atoms with E-state index in [4.69, 9.17) is 23.2 Å². The molecular formula is C7H4Cl2N2. The second kappa shape index (κ2) is 2.40. The molecule has 0 spiro atoms. The number of rotatable bonds is 0. The van der Waals surface area contributed by atoms with Crippen LogP contribution in [0.15, 0.2) is 18.2 Å². The Balaban J connectivity index is 2.87. The summed E-state index contributed by atoms with van der Waals surface area (Å²) in [6.07, 6.45) is 0. The van der Waals surface area contributed by atoms with Crippen molar-refractivity contribution in [2.75, 3.05) is 0 Å². The lowest BCUT2D eigenvalue weighted by atomic mass is 10.3. The fraction of sp³-hybridized carbons (Fsp3) is 0. The molecule has 2 rings (SSSR count). The summed E-state index contributed by atoms with van der Waals surface area (Å²) in [5.74, 6) is 0. The summed E-state index contributed by atoms with van der Waals surface area (Å²) < 4.78 is 0. The molecule has 0 saturated carbocycles. The molecule has 1 N–H and O–H groups in total. The molecular weight excluding hydrogens is 183 g/mol. The number of nitrogens with one attached hydrogen (secondary N) is 1. The van der Waals surface area contributed by atoms with Gasteiger partial charge in [0, 0.05) is 10.4 Å². The maximum atomic E-state index is 5.77. The zero-order valence-corrected chi connectivity index (χ0v) is 6.95. The Labute approximate surface area is 73.1 Å². The zero-order valence-electron chi connectivity index (χ0n) is 5.44. The van der Waals surface area contributed by atoms with E-state index in [0.717, 1.165) is 10.9 Å². The van der Waals surface area contributed by atoms with Crippen molar-refractivity contribution in [2.45, 2.75) is 0 Å². The summed E-state index contributed by atoms with van der Waals surface area (Å²) in [5.41, 5.74) is 0.833. The van der Waals surface area contributed by atoms with E-state index in [2.05, 4.69) is 10.2 Å². The van der Waals surface area contributed by atoms with Crippen LogP contribution < -0.4 is 0 Å². The third-order valence-electron chi connectivity index (χ3n) is 1.47. The molecule has 4 heteroatoms. The van der Waals surface area contributed by atoms with E-state index in [9.17, 15) is 0 Å². The van der Waals surface area contributed by atoms with Gasteiger partial charge in [0.05, 0.1) is 5.52 Å². The van der Waals surface area contributed by atoms with Crippen LogP contribution in [0, 0.1) is 0 Å². The van der Waals surface area contributed by atoms with Crippen molar-refractivity contribution in [3.05, 3.63) is 28.4 Å². The third-order valence-corrected chi connectivity index (χ3v) is 1.99. The van der Waals surface area contributed by atoms with Crippen LogP contribution in [-0.2, 0) is 0 Å². The van der Waals surface area contributed by atoms with Crippen LogP contribution in [0.3, 0.4) is 0 Å². The van der Waals surface area contributed by atoms with Crippen LogP contribution in [0.25, 0.3) is 10.9 Å². The van der Waals surface area contributed by atoms with Gasteiger partial charge in [-0.3, -0.25) is 5.10 Å². The van der Waals surface area contributed by atoms with E-state index in [1.54, 1.807) is 12.1 Å². The molecule has 0 atom stereocenters. The Hall–Kier alpha value is -0.730. The van der Waals surface area contributed by atoms with E-state index in [-0.39, 0.29) is 0 Å². The number of nitrogens with zero attached hydrogens (tertiary/aromatic N) is 1. The van der Waals surface area contributed by atoms with Crippen molar-refractivity contribution in [2.24, 2.45) is 0 Å². The Morgan fingerprint density at radius 2 is 2.09 bits per heavy atom. The van der Waals surface area contributed by atoms with Gasteiger partial charge < -0.3 is 0 Å². The lowest BCUT2D eigenvalue weighted by molar-refractivity contribution is 1.12. The first kappa shape index (κ1) is 6.95. The van der Waals surface area contributed by atoms with Gasteiger partial charge in [0.15, 0.2) is 0 Å². The molecule has 0 amide bonds. The molecule has 0 fully saturated rings. The van der Waals surface area contributed by atoms with E-state index < -0.39 is 0 Å². The minimum Gasteiger partial charge on any atom is -0.266 e. The minimum atomic E-state index is 0.530. The summed E-state index contributed by atoms with van der Waals surface area (Å²) in [7, 11) is 0.